The van der Waals surface area contributed by atoms with Crippen LogP contribution < -0.4 is 25.6 Å². The number of benzene rings is 3. The molecule has 0 aliphatic heterocycles. The van der Waals surface area contributed by atoms with Crippen molar-refractivity contribution in [2.24, 2.45) is 0 Å². The number of halogens is 1. The van der Waals surface area contributed by atoms with E-state index in [-0.39, 0.29) is 24.6 Å². The van der Waals surface area contributed by atoms with Crippen molar-refractivity contribution in [2.75, 3.05) is 23.3 Å². The van der Waals surface area contributed by atoms with Gasteiger partial charge in [-0.15, -0.1) is 0 Å². The second-order valence-corrected chi connectivity index (χ2v) is 9.17. The lowest BCUT2D eigenvalue weighted by molar-refractivity contribution is 0.232. The van der Waals surface area contributed by atoms with E-state index in [1.165, 1.54) is 6.42 Å². The van der Waals surface area contributed by atoms with Crippen molar-refractivity contribution >= 4 is 35.0 Å². The first-order chi connectivity index (χ1) is 17.6. The molecule has 7 nitrogen and oxygen atoms in total. The van der Waals surface area contributed by atoms with Crippen LogP contribution in [0.5, 0.6) is 11.5 Å². The number of nitrogens with one attached hydrogen (secondary N) is 3. The molecule has 1 saturated carbocycles. The molecule has 1 fully saturated rings. The normalized spacial score (nSPS) is 13.5. The van der Waals surface area contributed by atoms with Gasteiger partial charge >= 0.3 is 12.1 Å². The average Bonchev–Trinajstić information content (AvgIpc) is 2.90. The predicted octanol–water partition coefficient (Wildman–Crippen LogP) is 6.80. The second-order valence-electron chi connectivity index (χ2n) is 8.73. The van der Waals surface area contributed by atoms with Gasteiger partial charge in [-0.05, 0) is 73.5 Å². The summed E-state index contributed by atoms with van der Waals surface area (Å²) in [6, 6.07) is 23.4. The molecular formula is C28H31ClN4O3. The van der Waals surface area contributed by atoms with Crippen LogP contribution in [0.4, 0.5) is 21.0 Å². The van der Waals surface area contributed by atoms with E-state index < -0.39 is 0 Å². The van der Waals surface area contributed by atoms with Gasteiger partial charge in [0.05, 0.1) is 0 Å². The Morgan fingerprint density at radius 2 is 1.53 bits per heavy atom. The largest absolute Gasteiger partial charge is 0.457 e. The first-order valence-electron chi connectivity index (χ1n) is 12.3. The minimum atomic E-state index is -0.316. The van der Waals surface area contributed by atoms with Crippen LogP contribution in [0, 0.1) is 0 Å². The number of hydrogen-bond donors (Lipinski definition) is 3. The summed E-state index contributed by atoms with van der Waals surface area (Å²) >= 11 is 5.97. The van der Waals surface area contributed by atoms with Crippen LogP contribution in [0.25, 0.3) is 0 Å². The van der Waals surface area contributed by atoms with E-state index in [0.717, 1.165) is 31.4 Å². The van der Waals surface area contributed by atoms with Crippen molar-refractivity contribution in [2.45, 2.75) is 38.1 Å². The molecule has 0 radical (unpaired) electrons. The molecule has 0 bridgehead atoms. The number of anilines is 2. The van der Waals surface area contributed by atoms with E-state index in [2.05, 4.69) is 16.0 Å². The summed E-state index contributed by atoms with van der Waals surface area (Å²) < 4.78 is 5.87. The van der Waals surface area contributed by atoms with Gasteiger partial charge in [-0.1, -0.05) is 49.1 Å². The molecule has 4 amide bonds. The van der Waals surface area contributed by atoms with E-state index in [1.807, 2.05) is 54.6 Å². The van der Waals surface area contributed by atoms with E-state index in [4.69, 9.17) is 16.3 Å². The molecule has 0 atom stereocenters. The van der Waals surface area contributed by atoms with Crippen molar-refractivity contribution in [3.05, 3.63) is 83.9 Å². The fourth-order valence-electron chi connectivity index (χ4n) is 4.16. The lowest BCUT2D eigenvalue weighted by Gasteiger charge is -2.25. The van der Waals surface area contributed by atoms with Crippen LogP contribution in [-0.4, -0.2) is 31.2 Å². The number of carbonyl (C=O) groups excluding carboxylic acids is 2. The second kappa shape index (κ2) is 12.8. The molecule has 0 aromatic heterocycles. The van der Waals surface area contributed by atoms with E-state index >= 15 is 0 Å². The molecule has 0 unspecified atom stereocenters. The number of carbonyl (C=O) groups is 2. The number of rotatable bonds is 8. The van der Waals surface area contributed by atoms with Gasteiger partial charge in [-0.25, -0.2) is 9.59 Å². The highest BCUT2D eigenvalue weighted by atomic mass is 35.5. The van der Waals surface area contributed by atoms with E-state index in [1.54, 1.807) is 29.2 Å². The molecule has 3 aromatic carbocycles. The van der Waals surface area contributed by atoms with Crippen LogP contribution >= 0.6 is 11.6 Å². The van der Waals surface area contributed by atoms with Crippen molar-refractivity contribution in [1.29, 1.82) is 0 Å². The average molecular weight is 507 g/mol. The summed E-state index contributed by atoms with van der Waals surface area (Å²) in [7, 11) is 0. The van der Waals surface area contributed by atoms with Gasteiger partial charge < -0.3 is 20.7 Å². The quantitative estimate of drug-likeness (QED) is 0.314. The van der Waals surface area contributed by atoms with Crippen LogP contribution in [0.3, 0.4) is 0 Å². The highest BCUT2D eigenvalue weighted by molar-refractivity contribution is 6.30. The Balaban J connectivity index is 1.40. The zero-order valence-electron chi connectivity index (χ0n) is 20.1. The number of nitrogens with zero attached hydrogens (tertiary/aromatic N) is 1. The van der Waals surface area contributed by atoms with Crippen molar-refractivity contribution in [3.63, 3.8) is 0 Å². The molecule has 36 heavy (non-hydrogen) atoms. The van der Waals surface area contributed by atoms with Gasteiger partial charge in [-0.2, -0.15) is 0 Å². The third-order valence-corrected chi connectivity index (χ3v) is 6.28. The van der Waals surface area contributed by atoms with Crippen molar-refractivity contribution in [1.82, 2.24) is 10.6 Å². The summed E-state index contributed by atoms with van der Waals surface area (Å²) in [5.74, 6) is 1.39. The highest BCUT2D eigenvalue weighted by Crippen LogP contribution is 2.25. The Hall–Kier alpha value is -3.71. The van der Waals surface area contributed by atoms with Gasteiger partial charge in [-0.3, -0.25) is 4.90 Å². The predicted molar refractivity (Wildman–Crippen MR) is 144 cm³/mol. The summed E-state index contributed by atoms with van der Waals surface area (Å²) in [6.07, 6.45) is 5.55. The van der Waals surface area contributed by atoms with Crippen molar-refractivity contribution < 1.29 is 14.3 Å². The smallest absolute Gasteiger partial charge is 0.326 e. The maximum atomic E-state index is 13.2. The van der Waals surface area contributed by atoms with Crippen LogP contribution in [0.2, 0.25) is 5.02 Å². The molecule has 0 heterocycles. The fraction of sp³-hybridized carbons (Fsp3) is 0.286. The van der Waals surface area contributed by atoms with E-state index in [0.29, 0.717) is 28.7 Å². The summed E-state index contributed by atoms with van der Waals surface area (Å²) in [5, 5.41) is 9.41. The Kier molecular flexibility index (Phi) is 9.05. The van der Waals surface area contributed by atoms with Crippen LogP contribution in [0.1, 0.15) is 32.1 Å². The maximum absolute atomic E-state index is 13.2. The molecule has 1 aliphatic rings. The standard InChI is InChI=1S/C28H31ClN4O3/c29-21-11-13-23(14-12-21)32-28(35)33(20-19-30-27(34)31-22-7-3-1-4-8-22)24-15-17-26(18-16-24)36-25-9-5-2-6-10-25/h2,5-6,9-18,22H,1,3-4,7-8,19-20H2,(H,32,35)(H2,30,31,34). The zero-order chi connectivity index (χ0) is 25.2. The molecule has 1 aliphatic carbocycles. The van der Waals surface area contributed by atoms with Gasteiger partial charge in [0.2, 0.25) is 0 Å². The first-order valence-corrected chi connectivity index (χ1v) is 12.7. The Bertz CT molecular complexity index is 1120. The minimum Gasteiger partial charge on any atom is -0.457 e. The lowest BCUT2D eigenvalue weighted by Crippen LogP contribution is -2.46. The number of hydrogen-bond acceptors (Lipinski definition) is 3. The third-order valence-electron chi connectivity index (χ3n) is 6.03. The maximum Gasteiger partial charge on any atom is 0.326 e. The van der Waals surface area contributed by atoms with Crippen molar-refractivity contribution in [3.8, 4) is 11.5 Å². The zero-order valence-corrected chi connectivity index (χ0v) is 20.8. The van der Waals surface area contributed by atoms with Gasteiger partial charge in [0.1, 0.15) is 11.5 Å². The Labute approximate surface area is 216 Å². The lowest BCUT2D eigenvalue weighted by atomic mass is 9.96. The van der Waals surface area contributed by atoms with Crippen LogP contribution in [0.15, 0.2) is 78.9 Å². The molecule has 4 rings (SSSR count). The summed E-state index contributed by atoms with van der Waals surface area (Å²) in [6.45, 7) is 0.589. The first kappa shape index (κ1) is 25.4. The topological polar surface area (TPSA) is 82.7 Å². The summed E-state index contributed by atoms with van der Waals surface area (Å²) in [5.41, 5.74) is 1.30. The molecule has 0 saturated heterocycles. The van der Waals surface area contributed by atoms with Gasteiger partial charge in [0.25, 0.3) is 0 Å². The molecule has 188 valence electrons. The number of urea groups is 2. The SMILES string of the molecule is O=C(NCCN(C(=O)Nc1ccc(Cl)cc1)c1ccc(Oc2ccccc2)cc1)NC1CCCCC1. The summed E-state index contributed by atoms with van der Waals surface area (Å²) in [4.78, 5) is 27.1. The molecule has 3 N–H and O–H groups in total. The fourth-order valence-corrected chi connectivity index (χ4v) is 4.28. The molecule has 8 heteroatoms. The number of amides is 4. The monoisotopic (exact) mass is 506 g/mol. The Morgan fingerprint density at radius 1 is 0.861 bits per heavy atom. The molecule has 3 aromatic rings. The van der Waals surface area contributed by atoms with Crippen LogP contribution in [-0.2, 0) is 0 Å². The number of ether oxygens (including phenoxy) is 1. The molecule has 0 spiro atoms. The van der Waals surface area contributed by atoms with Gasteiger partial charge in [0.15, 0.2) is 0 Å². The molecular weight excluding hydrogens is 476 g/mol. The third kappa shape index (κ3) is 7.65. The van der Waals surface area contributed by atoms with E-state index in [9.17, 15) is 9.59 Å². The highest BCUT2D eigenvalue weighted by Gasteiger charge is 2.18. The van der Waals surface area contributed by atoms with Gasteiger partial charge in [0, 0.05) is 35.5 Å². The minimum absolute atomic E-state index is 0.202. The number of para-hydroxylation sites is 1. The Morgan fingerprint density at radius 3 is 2.22 bits per heavy atom.